The van der Waals surface area contributed by atoms with E-state index in [4.69, 9.17) is 20.9 Å². The lowest BCUT2D eigenvalue weighted by molar-refractivity contribution is -0.125. The summed E-state index contributed by atoms with van der Waals surface area (Å²) in [5.41, 5.74) is 12.6. The summed E-state index contributed by atoms with van der Waals surface area (Å²) in [6.07, 6.45) is -0.193. The van der Waals surface area contributed by atoms with Gasteiger partial charge in [0, 0.05) is 6.42 Å². The van der Waals surface area contributed by atoms with Crippen LogP contribution in [0.3, 0.4) is 0 Å². The molecule has 0 aromatic heterocycles. The fourth-order valence-corrected chi connectivity index (χ4v) is 2.65. The second kappa shape index (κ2) is 8.30. The molecular weight excluding hydrogens is 320 g/mol. The lowest BCUT2D eigenvalue weighted by Gasteiger charge is -2.21. The lowest BCUT2D eigenvalue weighted by atomic mass is 9.84. The van der Waals surface area contributed by atoms with Crippen LogP contribution in [0.5, 0.6) is 11.5 Å². The lowest BCUT2D eigenvalue weighted by Crippen LogP contribution is -2.38. The zero-order chi connectivity index (χ0) is 18.4. The van der Waals surface area contributed by atoms with Gasteiger partial charge in [0.25, 0.3) is 0 Å². The molecule has 0 radical (unpaired) electrons. The van der Waals surface area contributed by atoms with E-state index in [9.17, 15) is 9.59 Å². The molecule has 0 aliphatic carbocycles. The smallest absolute Gasteiger partial charge is 0.219 e. The zero-order valence-corrected chi connectivity index (χ0v) is 14.3. The number of amides is 1. The Balaban J connectivity index is 2.41. The second-order valence-corrected chi connectivity index (χ2v) is 5.66. The molecule has 2 rings (SSSR count). The van der Waals surface area contributed by atoms with Crippen LogP contribution in [-0.4, -0.2) is 32.0 Å². The van der Waals surface area contributed by atoms with Gasteiger partial charge in [-0.25, -0.2) is 0 Å². The van der Waals surface area contributed by atoms with Gasteiger partial charge in [0.05, 0.1) is 26.2 Å². The second-order valence-electron chi connectivity index (χ2n) is 5.66. The number of carbonyl (C=O) groups excluding carboxylic acids is 2. The van der Waals surface area contributed by atoms with E-state index in [1.807, 2.05) is 24.3 Å². The Morgan fingerprint density at radius 1 is 0.880 bits per heavy atom. The number of methoxy groups -OCH3 is 2. The third-order valence-corrected chi connectivity index (χ3v) is 3.97. The van der Waals surface area contributed by atoms with Crippen LogP contribution in [0.15, 0.2) is 48.5 Å². The molecule has 2 aromatic carbocycles. The fourth-order valence-electron chi connectivity index (χ4n) is 2.65. The summed E-state index contributed by atoms with van der Waals surface area (Å²) in [7, 11) is 3.15. The van der Waals surface area contributed by atoms with E-state index < -0.39 is 17.9 Å². The minimum absolute atomic E-state index is 0.193. The number of nitrogens with two attached hydrogens (primary N) is 2. The molecular formula is C19H22N2O4. The predicted octanol–water partition coefficient (Wildman–Crippen LogP) is 1.61. The number of hydrogen-bond donors (Lipinski definition) is 2. The van der Waals surface area contributed by atoms with Crippen LogP contribution in [0.2, 0.25) is 0 Å². The Hall–Kier alpha value is -2.86. The van der Waals surface area contributed by atoms with Gasteiger partial charge in [0.1, 0.15) is 11.5 Å². The van der Waals surface area contributed by atoms with E-state index in [0.717, 1.165) is 11.1 Å². The van der Waals surface area contributed by atoms with E-state index in [1.54, 1.807) is 38.5 Å². The van der Waals surface area contributed by atoms with E-state index in [0.29, 0.717) is 11.5 Å². The van der Waals surface area contributed by atoms with Crippen LogP contribution in [0.4, 0.5) is 0 Å². The number of ether oxygens (including phenoxy) is 2. The summed E-state index contributed by atoms with van der Waals surface area (Å²) >= 11 is 0. The highest BCUT2D eigenvalue weighted by atomic mass is 16.5. The molecule has 0 spiro atoms. The molecule has 2 aromatic rings. The molecule has 0 heterocycles. The first kappa shape index (κ1) is 18.5. The van der Waals surface area contributed by atoms with Gasteiger partial charge in [-0.15, -0.1) is 0 Å². The Morgan fingerprint density at radius 2 is 1.28 bits per heavy atom. The quantitative estimate of drug-likeness (QED) is 0.758. The molecule has 6 nitrogen and oxygen atoms in total. The molecule has 132 valence electrons. The molecule has 0 aliphatic rings. The van der Waals surface area contributed by atoms with Crippen LogP contribution >= 0.6 is 0 Å². The van der Waals surface area contributed by atoms with Crippen molar-refractivity contribution in [3.8, 4) is 11.5 Å². The zero-order valence-electron chi connectivity index (χ0n) is 14.3. The molecule has 1 amide bonds. The molecule has 0 fully saturated rings. The van der Waals surface area contributed by atoms with Crippen molar-refractivity contribution in [2.75, 3.05) is 14.2 Å². The molecule has 4 N–H and O–H groups in total. The van der Waals surface area contributed by atoms with E-state index in [1.165, 1.54) is 0 Å². The maximum atomic E-state index is 12.9. The van der Waals surface area contributed by atoms with E-state index in [2.05, 4.69) is 0 Å². The highest BCUT2D eigenvalue weighted by Crippen LogP contribution is 2.29. The summed E-state index contributed by atoms with van der Waals surface area (Å²) in [4.78, 5) is 24.0. The average Bonchev–Trinajstić information content (AvgIpc) is 2.62. The Kier molecular flexibility index (Phi) is 6.14. The van der Waals surface area contributed by atoms with Gasteiger partial charge >= 0.3 is 0 Å². The van der Waals surface area contributed by atoms with E-state index >= 15 is 0 Å². The van der Waals surface area contributed by atoms with Gasteiger partial charge in [-0.2, -0.15) is 0 Å². The standard InChI is InChI=1S/C19H22N2O4/c1-24-14-7-3-12(4-8-14)18(19(23)16(20)11-17(21)22)13-5-9-15(25-2)10-6-13/h3-10,16,18H,11,20H2,1-2H3,(H2,21,22)/t16-/m0/s1. The highest BCUT2D eigenvalue weighted by molar-refractivity contribution is 5.96. The van der Waals surface area contributed by atoms with Gasteiger partial charge in [0.2, 0.25) is 5.91 Å². The minimum atomic E-state index is -0.966. The summed E-state index contributed by atoms with van der Waals surface area (Å²) in [6.45, 7) is 0. The summed E-state index contributed by atoms with van der Waals surface area (Å²) in [5, 5.41) is 0. The van der Waals surface area contributed by atoms with Gasteiger partial charge in [0.15, 0.2) is 5.78 Å². The third kappa shape index (κ3) is 4.58. The summed E-state index contributed by atoms with van der Waals surface area (Å²) in [5.74, 6) is -0.110. The van der Waals surface area contributed by atoms with Crippen LogP contribution < -0.4 is 20.9 Å². The molecule has 6 heteroatoms. The molecule has 0 unspecified atom stereocenters. The van der Waals surface area contributed by atoms with Crippen molar-refractivity contribution in [1.82, 2.24) is 0 Å². The third-order valence-electron chi connectivity index (χ3n) is 3.97. The molecule has 0 saturated heterocycles. The topological polar surface area (TPSA) is 105 Å². The number of carbonyl (C=O) groups is 2. The Bertz CT molecular complexity index is 679. The summed E-state index contributed by atoms with van der Waals surface area (Å²) in [6, 6.07) is 13.4. The number of primary amides is 1. The van der Waals surface area contributed by atoms with Crippen molar-refractivity contribution >= 4 is 11.7 Å². The number of benzene rings is 2. The van der Waals surface area contributed by atoms with Crippen molar-refractivity contribution in [2.45, 2.75) is 18.4 Å². The molecule has 25 heavy (non-hydrogen) atoms. The number of rotatable bonds is 8. The Labute approximate surface area is 146 Å². The van der Waals surface area contributed by atoms with Gasteiger partial charge in [-0.1, -0.05) is 24.3 Å². The average molecular weight is 342 g/mol. The first-order valence-electron chi connectivity index (χ1n) is 7.81. The molecule has 0 aliphatic heterocycles. The maximum Gasteiger partial charge on any atom is 0.219 e. The molecule has 0 saturated carbocycles. The number of hydrogen-bond acceptors (Lipinski definition) is 5. The van der Waals surface area contributed by atoms with Crippen LogP contribution in [-0.2, 0) is 9.59 Å². The predicted molar refractivity (Wildman–Crippen MR) is 94.6 cm³/mol. The normalized spacial score (nSPS) is 11.8. The first-order valence-corrected chi connectivity index (χ1v) is 7.81. The van der Waals surface area contributed by atoms with Gasteiger partial charge in [-0.05, 0) is 35.4 Å². The first-order chi connectivity index (χ1) is 12.0. The minimum Gasteiger partial charge on any atom is -0.497 e. The van der Waals surface area contributed by atoms with Crippen LogP contribution in [0.25, 0.3) is 0 Å². The van der Waals surface area contributed by atoms with Gasteiger partial charge < -0.3 is 20.9 Å². The van der Waals surface area contributed by atoms with Crippen molar-refractivity contribution < 1.29 is 19.1 Å². The SMILES string of the molecule is COc1ccc(C(C(=O)[C@@H](N)CC(N)=O)c2ccc(OC)cc2)cc1. The Morgan fingerprint density at radius 3 is 1.60 bits per heavy atom. The van der Waals surface area contributed by atoms with Crippen LogP contribution in [0.1, 0.15) is 23.5 Å². The van der Waals surface area contributed by atoms with E-state index in [-0.39, 0.29) is 12.2 Å². The highest BCUT2D eigenvalue weighted by Gasteiger charge is 2.28. The van der Waals surface area contributed by atoms with Crippen molar-refractivity contribution in [1.29, 1.82) is 0 Å². The van der Waals surface area contributed by atoms with Crippen LogP contribution in [0, 0.1) is 0 Å². The largest absolute Gasteiger partial charge is 0.497 e. The monoisotopic (exact) mass is 342 g/mol. The van der Waals surface area contributed by atoms with Crippen molar-refractivity contribution in [3.05, 3.63) is 59.7 Å². The maximum absolute atomic E-state index is 12.9. The molecule has 1 atom stereocenters. The van der Waals surface area contributed by atoms with Crippen molar-refractivity contribution in [3.63, 3.8) is 0 Å². The number of ketones is 1. The summed E-state index contributed by atoms with van der Waals surface area (Å²) < 4.78 is 10.3. The van der Waals surface area contributed by atoms with Crippen molar-refractivity contribution in [2.24, 2.45) is 11.5 Å². The fraction of sp³-hybridized carbons (Fsp3) is 0.263. The molecule has 0 bridgehead atoms. The number of Topliss-reactive ketones (excluding diaryl/α,β-unsaturated/α-hetero) is 1. The van der Waals surface area contributed by atoms with Gasteiger partial charge in [-0.3, -0.25) is 9.59 Å².